The van der Waals surface area contributed by atoms with Crippen LogP contribution in [0.3, 0.4) is 0 Å². The minimum absolute atomic E-state index is 0.0232. The van der Waals surface area contributed by atoms with Crippen molar-refractivity contribution in [2.24, 2.45) is 10.8 Å². The molecule has 8 heteroatoms. The van der Waals surface area contributed by atoms with Crippen molar-refractivity contribution in [3.63, 3.8) is 0 Å². The van der Waals surface area contributed by atoms with Gasteiger partial charge in [-0.2, -0.15) is 5.10 Å². The highest BCUT2D eigenvalue weighted by Gasteiger charge is 2.24. The number of anilines is 1. The number of nitrogens with zero attached hydrogens (tertiary/aromatic N) is 2. The van der Waals surface area contributed by atoms with Crippen molar-refractivity contribution in [3.8, 4) is 0 Å². The van der Waals surface area contributed by atoms with Crippen LogP contribution in [0.5, 0.6) is 0 Å². The summed E-state index contributed by atoms with van der Waals surface area (Å²) in [6, 6.07) is 0.958. The zero-order chi connectivity index (χ0) is 14.0. The van der Waals surface area contributed by atoms with Crippen molar-refractivity contribution < 1.29 is 13.2 Å². The summed E-state index contributed by atoms with van der Waals surface area (Å²) in [5.41, 5.74) is 7.93. The van der Waals surface area contributed by atoms with E-state index in [1.807, 2.05) is 0 Å². The molecule has 0 unspecified atom stereocenters. The predicted molar refractivity (Wildman–Crippen MR) is 70.4 cm³/mol. The van der Waals surface area contributed by atoms with Gasteiger partial charge in [0.25, 0.3) is 0 Å². The topological polar surface area (TPSA) is 53.6 Å². The van der Waals surface area contributed by atoms with Crippen LogP contribution < -0.4 is 16.1 Å². The zero-order valence-electron chi connectivity index (χ0n) is 9.79. The summed E-state index contributed by atoms with van der Waals surface area (Å²) < 4.78 is 40.0. The second-order valence-electron chi connectivity index (χ2n) is 4.00. The van der Waals surface area contributed by atoms with Crippen LogP contribution in [0.1, 0.15) is 12.0 Å². The van der Waals surface area contributed by atoms with Crippen LogP contribution in [-0.4, -0.2) is 18.0 Å². The fraction of sp³-hybridized carbons (Fsp3) is 0.273. The van der Waals surface area contributed by atoms with Crippen LogP contribution in [0.2, 0.25) is 0 Å². The van der Waals surface area contributed by atoms with E-state index >= 15 is 0 Å². The van der Waals surface area contributed by atoms with Gasteiger partial charge in [-0.25, -0.2) is 13.2 Å². The maximum Gasteiger partial charge on any atom is 0.194 e. The van der Waals surface area contributed by atoms with Gasteiger partial charge in [0.05, 0.1) is 5.69 Å². The van der Waals surface area contributed by atoms with Crippen molar-refractivity contribution >= 4 is 29.4 Å². The first kappa shape index (κ1) is 13.6. The molecule has 1 aliphatic heterocycles. The van der Waals surface area contributed by atoms with E-state index in [0.29, 0.717) is 19.4 Å². The zero-order valence-corrected chi connectivity index (χ0v) is 10.6. The first-order valence-electron chi connectivity index (χ1n) is 5.52. The third-order valence-corrected chi connectivity index (χ3v) is 2.84. The Kier molecular flexibility index (Phi) is 3.89. The number of fused-ring (bicyclic) bond motifs is 1. The third-order valence-electron chi connectivity index (χ3n) is 2.75. The number of nitrogens with one attached hydrogen (secondary N) is 1. The number of thiocarbonyl (C=S) groups is 1. The van der Waals surface area contributed by atoms with Gasteiger partial charge in [0.15, 0.2) is 22.6 Å². The lowest BCUT2D eigenvalue weighted by molar-refractivity contribution is 0.438. The van der Waals surface area contributed by atoms with Crippen LogP contribution in [0.25, 0.3) is 0 Å². The van der Waals surface area contributed by atoms with E-state index < -0.39 is 17.5 Å². The second-order valence-corrected chi connectivity index (χ2v) is 4.44. The van der Waals surface area contributed by atoms with Gasteiger partial charge < -0.3 is 10.6 Å². The minimum Gasteiger partial charge on any atom is -0.375 e. The highest BCUT2D eigenvalue weighted by Crippen LogP contribution is 2.31. The Labute approximate surface area is 113 Å². The fourth-order valence-electron chi connectivity index (χ4n) is 1.94. The van der Waals surface area contributed by atoms with Crippen molar-refractivity contribution in [1.29, 1.82) is 0 Å². The SMILES string of the molecule is NC(=S)NN=CN1CCCc2c1cc(F)c(F)c2F. The second kappa shape index (κ2) is 5.43. The molecule has 0 aliphatic carbocycles. The van der Waals surface area contributed by atoms with Gasteiger partial charge in [0.2, 0.25) is 0 Å². The summed E-state index contributed by atoms with van der Waals surface area (Å²) >= 11 is 4.56. The van der Waals surface area contributed by atoms with Crippen LogP contribution >= 0.6 is 12.2 Å². The Morgan fingerprint density at radius 1 is 1.42 bits per heavy atom. The van der Waals surface area contributed by atoms with Crippen molar-refractivity contribution in [1.82, 2.24) is 5.43 Å². The summed E-state index contributed by atoms with van der Waals surface area (Å²) in [4.78, 5) is 1.51. The summed E-state index contributed by atoms with van der Waals surface area (Å²) in [7, 11) is 0. The van der Waals surface area contributed by atoms with Crippen molar-refractivity contribution in [2.75, 3.05) is 11.4 Å². The molecule has 1 aromatic rings. The van der Waals surface area contributed by atoms with Gasteiger partial charge in [0.1, 0.15) is 6.34 Å². The average molecular weight is 288 g/mol. The molecule has 0 aromatic heterocycles. The van der Waals surface area contributed by atoms with Crippen LogP contribution in [0.4, 0.5) is 18.9 Å². The molecule has 1 aromatic carbocycles. The number of hydrogen-bond donors (Lipinski definition) is 2. The van der Waals surface area contributed by atoms with Gasteiger partial charge in [-0.1, -0.05) is 0 Å². The minimum atomic E-state index is -1.45. The molecule has 102 valence electrons. The molecule has 1 aliphatic rings. The van der Waals surface area contributed by atoms with E-state index in [4.69, 9.17) is 5.73 Å². The Morgan fingerprint density at radius 2 is 2.16 bits per heavy atom. The lowest BCUT2D eigenvalue weighted by Gasteiger charge is -2.27. The normalized spacial score (nSPS) is 14.6. The smallest absolute Gasteiger partial charge is 0.194 e. The standard InChI is InChI=1S/C11H11F3N4S/c12-7-4-8-6(9(13)10(7)14)2-1-3-18(8)5-16-17-11(15)19/h4-5H,1-3H2,(H3,15,17,19). The van der Waals surface area contributed by atoms with Gasteiger partial charge in [-0.15, -0.1) is 0 Å². The number of rotatable bonds is 2. The van der Waals surface area contributed by atoms with Crippen LogP contribution in [0.15, 0.2) is 11.2 Å². The molecule has 1 heterocycles. The summed E-state index contributed by atoms with van der Waals surface area (Å²) in [6.45, 7) is 0.514. The van der Waals surface area contributed by atoms with E-state index in [2.05, 4.69) is 22.7 Å². The summed E-state index contributed by atoms with van der Waals surface area (Å²) in [5.74, 6) is -3.81. The molecule has 0 radical (unpaired) electrons. The molecule has 19 heavy (non-hydrogen) atoms. The van der Waals surface area contributed by atoms with Gasteiger partial charge in [-0.05, 0) is 25.1 Å². The lowest BCUT2D eigenvalue weighted by Crippen LogP contribution is -2.31. The molecule has 0 saturated carbocycles. The third kappa shape index (κ3) is 2.78. The molecule has 0 atom stereocenters. The molecular formula is C11H11F3N4S. The molecule has 0 fully saturated rings. The molecule has 0 amide bonds. The Bertz CT molecular complexity index is 547. The maximum atomic E-state index is 13.6. The van der Waals surface area contributed by atoms with Gasteiger partial charge in [0, 0.05) is 18.2 Å². The Hall–Kier alpha value is -1.83. The number of nitrogens with two attached hydrogens (primary N) is 1. The fourth-order valence-corrected chi connectivity index (χ4v) is 2.00. The number of benzene rings is 1. The molecule has 3 N–H and O–H groups in total. The number of hydrogen-bond acceptors (Lipinski definition) is 2. The first-order valence-corrected chi connectivity index (χ1v) is 5.93. The predicted octanol–water partition coefficient (Wildman–Crippen LogP) is 1.63. The highest BCUT2D eigenvalue weighted by molar-refractivity contribution is 7.80. The van der Waals surface area contributed by atoms with E-state index in [0.717, 1.165) is 6.07 Å². The van der Waals surface area contributed by atoms with E-state index in [1.165, 1.54) is 11.2 Å². The van der Waals surface area contributed by atoms with E-state index in [-0.39, 0.29) is 16.4 Å². The number of hydrazone groups is 1. The molecule has 0 bridgehead atoms. The van der Waals surface area contributed by atoms with Crippen molar-refractivity contribution in [2.45, 2.75) is 12.8 Å². The summed E-state index contributed by atoms with van der Waals surface area (Å²) in [6.07, 6.45) is 2.27. The molecular weight excluding hydrogens is 277 g/mol. The summed E-state index contributed by atoms with van der Waals surface area (Å²) in [5, 5.41) is 3.70. The largest absolute Gasteiger partial charge is 0.375 e. The molecule has 2 rings (SSSR count). The van der Waals surface area contributed by atoms with Crippen molar-refractivity contribution in [3.05, 3.63) is 29.1 Å². The quantitative estimate of drug-likeness (QED) is 0.285. The highest BCUT2D eigenvalue weighted by atomic mass is 32.1. The lowest BCUT2D eigenvalue weighted by atomic mass is 10.0. The average Bonchev–Trinajstić information content (AvgIpc) is 2.36. The molecule has 0 spiro atoms. The Morgan fingerprint density at radius 3 is 2.84 bits per heavy atom. The van der Waals surface area contributed by atoms with E-state index in [9.17, 15) is 13.2 Å². The first-order chi connectivity index (χ1) is 9.00. The Balaban J connectivity index is 2.34. The van der Waals surface area contributed by atoms with Crippen LogP contribution in [0, 0.1) is 17.5 Å². The van der Waals surface area contributed by atoms with Gasteiger partial charge in [-0.3, -0.25) is 5.43 Å². The van der Waals surface area contributed by atoms with Gasteiger partial charge >= 0.3 is 0 Å². The molecule has 4 nitrogen and oxygen atoms in total. The molecule has 0 saturated heterocycles. The monoisotopic (exact) mass is 288 g/mol. The van der Waals surface area contributed by atoms with Crippen LogP contribution in [-0.2, 0) is 6.42 Å². The maximum absolute atomic E-state index is 13.6. The number of halogens is 3. The van der Waals surface area contributed by atoms with E-state index in [1.54, 1.807) is 0 Å².